The van der Waals surface area contributed by atoms with Gasteiger partial charge in [0.1, 0.15) is 0 Å². The third kappa shape index (κ3) is 1.66. The number of fused-ring (bicyclic) bond motifs is 3. The van der Waals surface area contributed by atoms with E-state index >= 15 is 0 Å². The highest BCUT2D eigenvalue weighted by Gasteiger charge is 2.23. The largest absolute Gasteiger partial charge is 0.241 e. The predicted octanol–water partition coefficient (Wildman–Crippen LogP) is 2.39. The summed E-state index contributed by atoms with van der Waals surface area (Å²) < 4.78 is 26.7. The van der Waals surface area contributed by atoms with E-state index in [0.29, 0.717) is 11.4 Å². The second-order valence-corrected chi connectivity index (χ2v) is 5.71. The highest BCUT2D eigenvalue weighted by atomic mass is 32.2. The molecule has 2 aromatic rings. The van der Waals surface area contributed by atoms with Gasteiger partial charge in [-0.2, -0.15) is 0 Å². The lowest BCUT2D eigenvalue weighted by Crippen LogP contribution is -2.21. The molecule has 2 aromatic carbocycles. The van der Waals surface area contributed by atoms with Gasteiger partial charge >= 0.3 is 0 Å². The zero-order valence-electron chi connectivity index (χ0n) is 9.05. The van der Waals surface area contributed by atoms with Crippen molar-refractivity contribution in [3.8, 4) is 11.1 Å². The second kappa shape index (κ2) is 3.68. The maximum Gasteiger partial charge on any atom is 0.241 e. The Morgan fingerprint density at radius 2 is 1.59 bits per heavy atom. The number of hydrogen-bond donors (Lipinski definition) is 1. The van der Waals surface area contributed by atoms with Crippen LogP contribution in [0, 0.1) is 0 Å². The molecule has 0 unspecified atom stereocenters. The molecule has 0 bridgehead atoms. The van der Waals surface area contributed by atoms with Crippen molar-refractivity contribution in [2.75, 3.05) is 0 Å². The van der Waals surface area contributed by atoms with Gasteiger partial charge in [-0.05, 0) is 17.2 Å². The van der Waals surface area contributed by atoms with Crippen LogP contribution in [0.15, 0.2) is 53.4 Å². The Morgan fingerprint density at radius 1 is 0.941 bits per heavy atom. The number of nitrogens with one attached hydrogen (secondary N) is 1. The maximum atomic E-state index is 12.1. The summed E-state index contributed by atoms with van der Waals surface area (Å²) in [7, 11) is -3.40. The molecule has 0 saturated carbocycles. The molecule has 0 aromatic heterocycles. The Balaban J connectivity index is 0.00000120. The smallest absolute Gasteiger partial charge is 0.207 e. The van der Waals surface area contributed by atoms with E-state index in [-0.39, 0.29) is 1.43 Å². The van der Waals surface area contributed by atoms with Crippen LogP contribution in [0.3, 0.4) is 0 Å². The van der Waals surface area contributed by atoms with Gasteiger partial charge in [-0.15, -0.1) is 0 Å². The van der Waals surface area contributed by atoms with Crippen molar-refractivity contribution in [3.05, 3.63) is 54.1 Å². The zero-order valence-corrected chi connectivity index (χ0v) is 9.87. The van der Waals surface area contributed by atoms with Crippen LogP contribution in [0.2, 0.25) is 0 Å². The topological polar surface area (TPSA) is 46.2 Å². The van der Waals surface area contributed by atoms with Gasteiger partial charge in [0.15, 0.2) is 0 Å². The van der Waals surface area contributed by atoms with Crippen molar-refractivity contribution in [2.24, 2.45) is 0 Å². The Kier molecular flexibility index (Phi) is 2.28. The minimum absolute atomic E-state index is 0. The SMILES string of the molecule is O=S1(=O)NCc2ccccc2-c2ccccc21.[HH]. The van der Waals surface area contributed by atoms with E-state index in [1.807, 2.05) is 36.4 Å². The Bertz CT molecular complexity index is 683. The van der Waals surface area contributed by atoms with E-state index in [2.05, 4.69) is 4.72 Å². The molecule has 3 rings (SSSR count). The summed E-state index contributed by atoms with van der Waals surface area (Å²) in [4.78, 5) is 0.352. The zero-order chi connectivity index (χ0) is 11.9. The standard InChI is InChI=1S/C13H11NO2S.H2/c15-17(16)13-8-4-3-7-12(13)11-6-2-1-5-10(11)9-14-17;/h1-8,14H,9H2;1H. The van der Waals surface area contributed by atoms with E-state index in [1.54, 1.807) is 12.1 Å². The highest BCUT2D eigenvalue weighted by Crippen LogP contribution is 2.32. The van der Waals surface area contributed by atoms with Gasteiger partial charge in [-0.25, -0.2) is 13.1 Å². The highest BCUT2D eigenvalue weighted by molar-refractivity contribution is 7.89. The Hall–Kier alpha value is -1.65. The van der Waals surface area contributed by atoms with Crippen LogP contribution in [0.1, 0.15) is 6.99 Å². The van der Waals surface area contributed by atoms with Gasteiger partial charge in [0.25, 0.3) is 0 Å². The molecule has 0 spiro atoms. The lowest BCUT2D eigenvalue weighted by molar-refractivity contribution is 0.583. The lowest BCUT2D eigenvalue weighted by Gasteiger charge is -2.06. The first kappa shape index (κ1) is 10.5. The fourth-order valence-corrected chi connectivity index (χ4v) is 3.34. The minimum Gasteiger partial charge on any atom is -0.207 e. The Labute approximate surface area is 102 Å². The van der Waals surface area contributed by atoms with E-state index in [9.17, 15) is 8.42 Å². The summed E-state index contributed by atoms with van der Waals surface area (Å²) in [6.45, 7) is 0.340. The van der Waals surface area contributed by atoms with Gasteiger partial charge < -0.3 is 0 Å². The molecule has 3 nitrogen and oxygen atoms in total. The van der Waals surface area contributed by atoms with E-state index in [1.165, 1.54) is 0 Å². The predicted molar refractivity (Wildman–Crippen MR) is 68.0 cm³/mol. The molecular formula is C13H13NO2S. The molecule has 0 amide bonds. The first-order valence-corrected chi connectivity index (χ1v) is 6.84. The molecule has 0 radical (unpaired) electrons. The van der Waals surface area contributed by atoms with Crippen LogP contribution in [0.4, 0.5) is 0 Å². The quantitative estimate of drug-likeness (QED) is 0.777. The molecule has 0 saturated heterocycles. The normalized spacial score (nSPS) is 16.7. The monoisotopic (exact) mass is 247 g/mol. The summed E-state index contributed by atoms with van der Waals surface area (Å²) in [5.74, 6) is 0. The summed E-state index contributed by atoms with van der Waals surface area (Å²) in [6, 6.07) is 14.8. The third-order valence-corrected chi connectivity index (χ3v) is 4.40. The van der Waals surface area contributed by atoms with Crippen LogP contribution < -0.4 is 4.72 Å². The molecule has 1 aliphatic heterocycles. The van der Waals surface area contributed by atoms with Crippen molar-refractivity contribution in [2.45, 2.75) is 11.4 Å². The maximum absolute atomic E-state index is 12.1. The summed E-state index contributed by atoms with van der Waals surface area (Å²) in [5, 5.41) is 0. The molecule has 4 heteroatoms. The fraction of sp³-hybridized carbons (Fsp3) is 0.0769. The molecule has 88 valence electrons. The fourth-order valence-electron chi connectivity index (χ4n) is 2.11. The molecule has 0 fully saturated rings. The van der Waals surface area contributed by atoms with Crippen molar-refractivity contribution in [1.29, 1.82) is 0 Å². The van der Waals surface area contributed by atoms with Crippen molar-refractivity contribution in [3.63, 3.8) is 0 Å². The van der Waals surface area contributed by atoms with Gasteiger partial charge in [-0.1, -0.05) is 42.5 Å². The van der Waals surface area contributed by atoms with Crippen LogP contribution in [0.25, 0.3) is 11.1 Å². The van der Waals surface area contributed by atoms with E-state index in [0.717, 1.165) is 16.7 Å². The third-order valence-electron chi connectivity index (χ3n) is 2.94. The molecule has 0 aliphatic carbocycles. The van der Waals surface area contributed by atoms with Crippen LogP contribution >= 0.6 is 0 Å². The van der Waals surface area contributed by atoms with Gasteiger partial charge in [0, 0.05) is 13.5 Å². The number of hydrogen-bond acceptors (Lipinski definition) is 2. The summed E-state index contributed by atoms with van der Waals surface area (Å²) in [5.41, 5.74) is 2.76. The number of rotatable bonds is 0. The summed E-state index contributed by atoms with van der Waals surface area (Å²) in [6.07, 6.45) is 0. The molecule has 1 N–H and O–H groups in total. The average molecular weight is 247 g/mol. The summed E-state index contributed by atoms with van der Waals surface area (Å²) >= 11 is 0. The number of sulfonamides is 1. The second-order valence-electron chi connectivity index (χ2n) is 3.98. The van der Waals surface area contributed by atoms with Crippen molar-refractivity contribution < 1.29 is 9.84 Å². The van der Waals surface area contributed by atoms with Crippen LogP contribution in [0.5, 0.6) is 0 Å². The van der Waals surface area contributed by atoms with E-state index in [4.69, 9.17) is 0 Å². The average Bonchev–Trinajstić information content (AvgIpc) is 2.47. The lowest BCUT2D eigenvalue weighted by atomic mass is 10.00. The first-order valence-electron chi connectivity index (χ1n) is 5.35. The van der Waals surface area contributed by atoms with Crippen molar-refractivity contribution in [1.82, 2.24) is 4.72 Å². The van der Waals surface area contributed by atoms with Crippen LogP contribution in [-0.2, 0) is 16.6 Å². The molecule has 1 aliphatic rings. The molecular weight excluding hydrogens is 234 g/mol. The number of benzene rings is 2. The molecule has 17 heavy (non-hydrogen) atoms. The van der Waals surface area contributed by atoms with Gasteiger partial charge in [0.05, 0.1) is 4.90 Å². The molecule has 0 atom stereocenters. The Morgan fingerprint density at radius 3 is 2.41 bits per heavy atom. The van der Waals surface area contributed by atoms with Gasteiger partial charge in [0.2, 0.25) is 10.0 Å². The van der Waals surface area contributed by atoms with Crippen molar-refractivity contribution >= 4 is 10.0 Å². The minimum atomic E-state index is -3.40. The molecule has 1 heterocycles. The van der Waals surface area contributed by atoms with E-state index < -0.39 is 10.0 Å². The van der Waals surface area contributed by atoms with Crippen LogP contribution in [-0.4, -0.2) is 8.42 Å². The first-order chi connectivity index (χ1) is 8.18. The van der Waals surface area contributed by atoms with Gasteiger partial charge in [-0.3, -0.25) is 0 Å².